The van der Waals surface area contributed by atoms with E-state index < -0.39 is 0 Å². The first kappa shape index (κ1) is 14.6. The Labute approximate surface area is 120 Å². The highest BCUT2D eigenvalue weighted by molar-refractivity contribution is 5.85. The minimum absolute atomic E-state index is 0.0985. The van der Waals surface area contributed by atoms with Gasteiger partial charge in [-0.15, -0.1) is 0 Å². The van der Waals surface area contributed by atoms with Gasteiger partial charge >= 0.3 is 0 Å². The number of fused-ring (bicyclic) bond motifs is 1. The Morgan fingerprint density at radius 2 is 2.00 bits per heavy atom. The van der Waals surface area contributed by atoms with Gasteiger partial charge in [0, 0.05) is 44.3 Å². The fraction of sp³-hybridized carbons (Fsp3) is 0.438. The largest absolute Gasteiger partial charge is 0.347 e. The first-order chi connectivity index (χ1) is 9.43. The second-order valence-corrected chi connectivity index (χ2v) is 5.48. The lowest BCUT2D eigenvalue weighted by Crippen LogP contribution is -2.41. The van der Waals surface area contributed by atoms with Gasteiger partial charge in [-0.3, -0.25) is 4.79 Å². The van der Waals surface area contributed by atoms with Gasteiger partial charge in [0.2, 0.25) is 5.91 Å². The quantitative estimate of drug-likeness (QED) is 0.926. The number of para-hydroxylation sites is 1. The maximum atomic E-state index is 11.9. The van der Waals surface area contributed by atoms with E-state index in [2.05, 4.69) is 48.1 Å². The lowest BCUT2D eigenvalue weighted by atomic mass is 10.1. The van der Waals surface area contributed by atoms with Gasteiger partial charge in [0.15, 0.2) is 0 Å². The van der Waals surface area contributed by atoms with Crippen LogP contribution in [0.1, 0.15) is 18.2 Å². The molecule has 2 rings (SSSR count). The molecule has 20 heavy (non-hydrogen) atoms. The van der Waals surface area contributed by atoms with E-state index in [9.17, 15) is 4.79 Å². The number of hydrogen-bond acceptors (Lipinski definition) is 2. The summed E-state index contributed by atoms with van der Waals surface area (Å²) in [5, 5.41) is 4.59. The highest BCUT2D eigenvalue weighted by Gasteiger charge is 2.16. The van der Waals surface area contributed by atoms with Gasteiger partial charge < -0.3 is 14.8 Å². The van der Waals surface area contributed by atoms with E-state index in [1.54, 1.807) is 19.0 Å². The molecule has 0 radical (unpaired) electrons. The molecule has 0 fully saturated rings. The van der Waals surface area contributed by atoms with Crippen LogP contribution in [0.15, 0.2) is 24.3 Å². The van der Waals surface area contributed by atoms with Crippen LogP contribution in [0.4, 0.5) is 0 Å². The van der Waals surface area contributed by atoms with E-state index in [1.807, 2.05) is 6.92 Å². The summed E-state index contributed by atoms with van der Waals surface area (Å²) in [6, 6.07) is 8.20. The van der Waals surface area contributed by atoms with Gasteiger partial charge in [0.1, 0.15) is 0 Å². The molecular weight excluding hydrogens is 250 g/mol. The maximum Gasteiger partial charge on any atom is 0.238 e. The highest BCUT2D eigenvalue weighted by atomic mass is 16.2. The zero-order valence-corrected chi connectivity index (χ0v) is 12.9. The Balaban J connectivity index is 2.20. The molecule has 0 aliphatic carbocycles. The minimum atomic E-state index is -0.178. The Hall–Kier alpha value is -1.81. The predicted octanol–water partition coefficient (Wildman–Crippen LogP) is 2.05. The molecule has 1 amide bonds. The number of rotatable bonds is 4. The van der Waals surface area contributed by atoms with Gasteiger partial charge in [-0.25, -0.2) is 0 Å². The molecule has 0 saturated carbocycles. The molecular formula is C16H23N3O. The number of benzene rings is 1. The Kier molecular flexibility index (Phi) is 4.14. The van der Waals surface area contributed by atoms with Crippen molar-refractivity contribution in [2.24, 2.45) is 7.05 Å². The van der Waals surface area contributed by atoms with Crippen LogP contribution >= 0.6 is 0 Å². The van der Waals surface area contributed by atoms with Crippen molar-refractivity contribution in [2.75, 3.05) is 14.1 Å². The minimum Gasteiger partial charge on any atom is -0.347 e. The number of nitrogens with zero attached hydrogens (tertiary/aromatic N) is 2. The van der Waals surface area contributed by atoms with Gasteiger partial charge in [-0.2, -0.15) is 0 Å². The molecule has 1 unspecified atom stereocenters. The van der Waals surface area contributed by atoms with E-state index in [0.717, 1.165) is 0 Å². The van der Waals surface area contributed by atoms with Crippen LogP contribution in [-0.2, 0) is 18.4 Å². The van der Waals surface area contributed by atoms with E-state index >= 15 is 0 Å². The molecule has 0 bridgehead atoms. The molecule has 1 atom stereocenters. The van der Waals surface area contributed by atoms with E-state index in [-0.39, 0.29) is 11.9 Å². The monoisotopic (exact) mass is 273 g/mol. The van der Waals surface area contributed by atoms with Crippen molar-refractivity contribution in [3.05, 3.63) is 35.5 Å². The van der Waals surface area contributed by atoms with Crippen LogP contribution in [0, 0.1) is 6.92 Å². The highest BCUT2D eigenvalue weighted by Crippen LogP contribution is 2.24. The summed E-state index contributed by atoms with van der Waals surface area (Å²) in [6.07, 6.45) is 0. The number of aromatic nitrogens is 1. The first-order valence-electron chi connectivity index (χ1n) is 6.91. The van der Waals surface area contributed by atoms with Crippen LogP contribution in [0.3, 0.4) is 0 Å². The molecule has 4 nitrogen and oxygen atoms in total. The Morgan fingerprint density at radius 1 is 1.35 bits per heavy atom. The molecule has 1 aromatic heterocycles. The lowest BCUT2D eigenvalue weighted by molar-refractivity contribution is -0.130. The standard InChI is InChI=1S/C16H23N3O/c1-11-13-8-6-7-9-14(13)19(5)15(11)10-17-12(2)16(20)18(3)4/h6-9,12,17H,10H2,1-5H3. The average Bonchev–Trinajstić information content (AvgIpc) is 2.68. The SMILES string of the molecule is Cc1c(CNC(C)C(=O)N(C)C)n(C)c2ccccc12. The number of carbonyl (C=O) groups is 1. The molecule has 2 aromatic rings. The molecule has 1 aromatic carbocycles. The van der Waals surface area contributed by atoms with Crippen LogP contribution in [0.2, 0.25) is 0 Å². The second kappa shape index (κ2) is 5.67. The summed E-state index contributed by atoms with van der Waals surface area (Å²) >= 11 is 0. The maximum absolute atomic E-state index is 11.9. The Morgan fingerprint density at radius 3 is 2.60 bits per heavy atom. The summed E-state index contributed by atoms with van der Waals surface area (Å²) in [7, 11) is 5.63. The fourth-order valence-corrected chi connectivity index (χ4v) is 2.61. The second-order valence-electron chi connectivity index (χ2n) is 5.48. The van der Waals surface area contributed by atoms with Crippen LogP contribution in [0.5, 0.6) is 0 Å². The number of hydrogen-bond donors (Lipinski definition) is 1. The van der Waals surface area contributed by atoms with Gasteiger partial charge in [-0.1, -0.05) is 18.2 Å². The molecule has 4 heteroatoms. The molecule has 0 saturated heterocycles. The molecule has 0 aliphatic heterocycles. The van der Waals surface area contributed by atoms with Crippen molar-refractivity contribution in [3.8, 4) is 0 Å². The van der Waals surface area contributed by atoms with E-state index in [4.69, 9.17) is 0 Å². The average molecular weight is 273 g/mol. The Bertz CT molecular complexity index is 589. The van der Waals surface area contributed by atoms with E-state index in [1.165, 1.54) is 22.2 Å². The van der Waals surface area contributed by atoms with Crippen molar-refractivity contribution < 1.29 is 4.79 Å². The summed E-state index contributed by atoms with van der Waals surface area (Å²) in [5.41, 5.74) is 3.73. The van der Waals surface area contributed by atoms with E-state index in [0.29, 0.717) is 6.54 Å². The van der Waals surface area contributed by atoms with Crippen molar-refractivity contribution >= 4 is 16.8 Å². The first-order valence-corrected chi connectivity index (χ1v) is 6.91. The predicted molar refractivity (Wildman–Crippen MR) is 82.7 cm³/mol. The van der Waals surface area contributed by atoms with Gasteiger partial charge in [0.05, 0.1) is 6.04 Å². The smallest absolute Gasteiger partial charge is 0.238 e. The zero-order chi connectivity index (χ0) is 14.9. The molecule has 108 valence electrons. The third kappa shape index (κ3) is 2.56. The van der Waals surface area contributed by atoms with Gasteiger partial charge in [-0.05, 0) is 25.5 Å². The third-order valence-corrected chi connectivity index (χ3v) is 3.89. The normalized spacial score (nSPS) is 12.7. The zero-order valence-electron chi connectivity index (χ0n) is 12.9. The summed E-state index contributed by atoms with van der Waals surface area (Å²) in [5.74, 6) is 0.0985. The molecule has 0 spiro atoms. The summed E-state index contributed by atoms with van der Waals surface area (Å²) in [6.45, 7) is 4.73. The number of nitrogens with one attached hydrogen (secondary N) is 1. The van der Waals surface area contributed by atoms with Crippen LogP contribution in [-0.4, -0.2) is 35.5 Å². The molecule has 0 aliphatic rings. The topological polar surface area (TPSA) is 37.3 Å². The van der Waals surface area contributed by atoms with Crippen LogP contribution in [0.25, 0.3) is 10.9 Å². The number of amides is 1. The lowest BCUT2D eigenvalue weighted by Gasteiger charge is -2.18. The number of carbonyl (C=O) groups excluding carboxylic acids is 1. The number of aryl methyl sites for hydroxylation is 2. The molecule has 1 heterocycles. The van der Waals surface area contributed by atoms with Crippen molar-refractivity contribution in [1.82, 2.24) is 14.8 Å². The van der Waals surface area contributed by atoms with Crippen molar-refractivity contribution in [3.63, 3.8) is 0 Å². The fourth-order valence-electron chi connectivity index (χ4n) is 2.61. The number of likely N-dealkylation sites (N-methyl/N-ethyl adjacent to an activating group) is 1. The van der Waals surface area contributed by atoms with Crippen molar-refractivity contribution in [2.45, 2.75) is 26.4 Å². The van der Waals surface area contributed by atoms with Gasteiger partial charge in [0.25, 0.3) is 0 Å². The third-order valence-electron chi connectivity index (χ3n) is 3.89. The van der Waals surface area contributed by atoms with Crippen molar-refractivity contribution in [1.29, 1.82) is 0 Å². The molecule has 1 N–H and O–H groups in total. The summed E-state index contributed by atoms with van der Waals surface area (Å²) in [4.78, 5) is 13.5. The van der Waals surface area contributed by atoms with Crippen LogP contribution < -0.4 is 5.32 Å². The summed E-state index contributed by atoms with van der Waals surface area (Å²) < 4.78 is 2.20.